The van der Waals surface area contributed by atoms with E-state index in [1.54, 1.807) is 24.3 Å². The summed E-state index contributed by atoms with van der Waals surface area (Å²) in [6.07, 6.45) is -3.32. The fourth-order valence-corrected chi connectivity index (χ4v) is 3.43. The number of urea groups is 1. The number of halogens is 3. The lowest BCUT2D eigenvalue weighted by molar-refractivity contribution is -0.176. The molecule has 0 bridgehead atoms. The van der Waals surface area contributed by atoms with Crippen molar-refractivity contribution in [2.75, 3.05) is 39.3 Å². The van der Waals surface area contributed by atoms with Crippen LogP contribution in [0, 0.1) is 0 Å². The van der Waals surface area contributed by atoms with Crippen LogP contribution in [-0.4, -0.2) is 61.3 Å². The molecular weight excluding hydrogens is 407 g/mol. The molecule has 168 valence electrons. The molecule has 1 N–H and O–H groups in total. The highest BCUT2D eigenvalue weighted by Gasteiger charge is 2.27. The Morgan fingerprint density at radius 3 is 2.19 bits per heavy atom. The van der Waals surface area contributed by atoms with E-state index in [4.69, 9.17) is 0 Å². The smallest absolute Gasteiger partial charge is 0.367 e. The van der Waals surface area contributed by atoms with Gasteiger partial charge in [-0.1, -0.05) is 54.6 Å². The monoisotopic (exact) mass is 435 g/mol. The molecule has 0 atom stereocenters. The summed E-state index contributed by atoms with van der Waals surface area (Å²) in [5.41, 5.74) is 2.86. The highest BCUT2D eigenvalue weighted by Crippen LogP contribution is 2.16. The number of ether oxygens (including phenoxy) is 1. The van der Waals surface area contributed by atoms with E-state index >= 15 is 0 Å². The minimum Gasteiger partial charge on any atom is -0.367 e. The molecule has 2 aromatic carbocycles. The maximum Gasteiger partial charge on any atom is 0.411 e. The Kier molecular flexibility index (Phi) is 8.31. The van der Waals surface area contributed by atoms with Crippen LogP contribution in [0.15, 0.2) is 54.6 Å². The van der Waals surface area contributed by atoms with Crippen molar-refractivity contribution in [2.24, 2.45) is 0 Å². The Labute approximate surface area is 180 Å². The SMILES string of the molecule is O=C(NCc1ccc(COCC(F)(F)F)cc1)N1CCN(CCc2ccccc2)CC1. The zero-order valence-corrected chi connectivity index (χ0v) is 17.4. The topological polar surface area (TPSA) is 44.8 Å². The number of amides is 2. The van der Waals surface area contributed by atoms with E-state index in [0.717, 1.165) is 31.6 Å². The van der Waals surface area contributed by atoms with Crippen molar-refractivity contribution in [2.45, 2.75) is 25.7 Å². The van der Waals surface area contributed by atoms with Crippen LogP contribution in [0.1, 0.15) is 16.7 Å². The summed E-state index contributed by atoms with van der Waals surface area (Å²) >= 11 is 0. The molecule has 1 fully saturated rings. The molecule has 0 aliphatic carbocycles. The van der Waals surface area contributed by atoms with Gasteiger partial charge < -0.3 is 15.0 Å². The first-order valence-corrected chi connectivity index (χ1v) is 10.4. The zero-order chi connectivity index (χ0) is 22.1. The lowest BCUT2D eigenvalue weighted by atomic mass is 10.1. The van der Waals surface area contributed by atoms with Gasteiger partial charge in [-0.25, -0.2) is 4.79 Å². The minimum absolute atomic E-state index is 0.0965. The van der Waals surface area contributed by atoms with Crippen molar-refractivity contribution in [3.8, 4) is 0 Å². The van der Waals surface area contributed by atoms with E-state index in [1.807, 2.05) is 23.1 Å². The molecule has 5 nitrogen and oxygen atoms in total. The van der Waals surface area contributed by atoms with Gasteiger partial charge in [-0.15, -0.1) is 0 Å². The van der Waals surface area contributed by atoms with E-state index < -0.39 is 12.8 Å². The lowest BCUT2D eigenvalue weighted by Crippen LogP contribution is -2.51. The molecule has 1 aliphatic heterocycles. The van der Waals surface area contributed by atoms with Crippen LogP contribution in [0.25, 0.3) is 0 Å². The zero-order valence-electron chi connectivity index (χ0n) is 17.4. The van der Waals surface area contributed by atoms with Crippen LogP contribution in [0.4, 0.5) is 18.0 Å². The van der Waals surface area contributed by atoms with Crippen molar-refractivity contribution in [1.29, 1.82) is 0 Å². The minimum atomic E-state index is -4.32. The number of hydrogen-bond donors (Lipinski definition) is 1. The number of carbonyl (C=O) groups is 1. The van der Waals surface area contributed by atoms with E-state index in [0.29, 0.717) is 25.2 Å². The molecular formula is C23H28F3N3O2. The van der Waals surface area contributed by atoms with Crippen molar-refractivity contribution in [3.63, 3.8) is 0 Å². The maximum atomic E-state index is 12.4. The fourth-order valence-electron chi connectivity index (χ4n) is 3.43. The molecule has 2 amide bonds. The first kappa shape index (κ1) is 23.1. The number of hydrogen-bond acceptors (Lipinski definition) is 3. The molecule has 3 rings (SSSR count). The standard InChI is InChI=1S/C23H28F3N3O2/c24-23(25,26)18-31-17-21-8-6-20(7-9-21)16-27-22(30)29-14-12-28(13-15-29)11-10-19-4-2-1-3-5-19/h1-9H,10-18H2,(H,27,30). The third-order valence-corrected chi connectivity index (χ3v) is 5.22. The van der Waals surface area contributed by atoms with Gasteiger partial charge in [0, 0.05) is 39.3 Å². The maximum absolute atomic E-state index is 12.4. The Morgan fingerprint density at radius 2 is 1.55 bits per heavy atom. The van der Waals surface area contributed by atoms with E-state index in [2.05, 4.69) is 27.1 Å². The number of nitrogens with one attached hydrogen (secondary N) is 1. The van der Waals surface area contributed by atoms with Crippen molar-refractivity contribution in [1.82, 2.24) is 15.1 Å². The Morgan fingerprint density at radius 1 is 0.903 bits per heavy atom. The van der Waals surface area contributed by atoms with Gasteiger partial charge in [-0.05, 0) is 23.1 Å². The highest BCUT2D eigenvalue weighted by atomic mass is 19.4. The number of piperazine rings is 1. The summed E-state index contributed by atoms with van der Waals surface area (Å²) in [6, 6.07) is 17.3. The van der Waals surface area contributed by atoms with Gasteiger partial charge in [0.1, 0.15) is 6.61 Å². The van der Waals surface area contributed by atoms with Gasteiger partial charge in [0.05, 0.1) is 6.61 Å². The van der Waals surface area contributed by atoms with Crippen LogP contribution in [0.5, 0.6) is 0 Å². The molecule has 8 heteroatoms. The molecule has 31 heavy (non-hydrogen) atoms. The summed E-state index contributed by atoms with van der Waals surface area (Å²) in [5.74, 6) is 0. The lowest BCUT2D eigenvalue weighted by Gasteiger charge is -2.34. The van der Waals surface area contributed by atoms with E-state index in [-0.39, 0.29) is 12.6 Å². The average Bonchev–Trinajstić information content (AvgIpc) is 2.77. The number of rotatable bonds is 8. The Balaban J connectivity index is 1.33. The van der Waals surface area contributed by atoms with Gasteiger partial charge in [0.15, 0.2) is 0 Å². The molecule has 1 aliphatic rings. The number of alkyl halides is 3. The number of benzene rings is 2. The predicted molar refractivity (Wildman–Crippen MR) is 113 cm³/mol. The summed E-state index contributed by atoms with van der Waals surface area (Å²) in [4.78, 5) is 16.6. The van der Waals surface area contributed by atoms with Crippen LogP contribution in [0.3, 0.4) is 0 Å². The highest BCUT2D eigenvalue weighted by molar-refractivity contribution is 5.74. The summed E-state index contributed by atoms with van der Waals surface area (Å²) in [5, 5.41) is 2.91. The van der Waals surface area contributed by atoms with Crippen LogP contribution in [0.2, 0.25) is 0 Å². The molecule has 0 radical (unpaired) electrons. The second kappa shape index (κ2) is 11.2. The molecule has 0 spiro atoms. The van der Waals surface area contributed by atoms with Gasteiger partial charge in [-0.3, -0.25) is 4.90 Å². The Bertz CT molecular complexity index is 805. The normalized spacial score (nSPS) is 15.1. The van der Waals surface area contributed by atoms with E-state index in [1.165, 1.54) is 5.56 Å². The quantitative estimate of drug-likeness (QED) is 0.686. The molecule has 1 heterocycles. The summed E-state index contributed by atoms with van der Waals surface area (Å²) in [6.45, 7) is 3.09. The van der Waals surface area contributed by atoms with Crippen LogP contribution >= 0.6 is 0 Å². The first-order valence-electron chi connectivity index (χ1n) is 10.4. The molecule has 2 aromatic rings. The molecule has 0 saturated carbocycles. The van der Waals surface area contributed by atoms with Gasteiger partial charge in [-0.2, -0.15) is 13.2 Å². The average molecular weight is 435 g/mol. The predicted octanol–water partition coefficient (Wildman–Crippen LogP) is 3.84. The van der Waals surface area contributed by atoms with E-state index in [9.17, 15) is 18.0 Å². The van der Waals surface area contributed by atoms with Crippen LogP contribution < -0.4 is 5.32 Å². The molecule has 1 saturated heterocycles. The first-order chi connectivity index (χ1) is 14.9. The van der Waals surface area contributed by atoms with Gasteiger partial charge in [0.25, 0.3) is 0 Å². The second-order valence-electron chi connectivity index (χ2n) is 7.65. The molecule has 0 aromatic heterocycles. The van der Waals surface area contributed by atoms with Crippen molar-refractivity contribution < 1.29 is 22.7 Å². The van der Waals surface area contributed by atoms with Gasteiger partial charge >= 0.3 is 12.2 Å². The summed E-state index contributed by atoms with van der Waals surface area (Å²) in [7, 11) is 0. The van der Waals surface area contributed by atoms with Gasteiger partial charge in [0.2, 0.25) is 0 Å². The third-order valence-electron chi connectivity index (χ3n) is 5.22. The Hall–Kier alpha value is -2.58. The van der Waals surface area contributed by atoms with Crippen LogP contribution in [-0.2, 0) is 24.3 Å². The number of carbonyl (C=O) groups excluding carboxylic acids is 1. The molecule has 0 unspecified atom stereocenters. The second-order valence-corrected chi connectivity index (χ2v) is 7.65. The third kappa shape index (κ3) is 8.22. The number of nitrogens with zero attached hydrogens (tertiary/aromatic N) is 2. The van der Waals surface area contributed by atoms with Crippen molar-refractivity contribution in [3.05, 3.63) is 71.3 Å². The van der Waals surface area contributed by atoms with Crippen molar-refractivity contribution >= 4 is 6.03 Å². The fraction of sp³-hybridized carbons (Fsp3) is 0.435. The summed E-state index contributed by atoms with van der Waals surface area (Å²) < 4.78 is 41.0. The largest absolute Gasteiger partial charge is 0.411 e.